The number of nitrogens with zero attached hydrogens (tertiary/aromatic N) is 4. The van der Waals surface area contributed by atoms with Gasteiger partial charge in [-0.05, 0) is 123 Å². The van der Waals surface area contributed by atoms with Crippen molar-refractivity contribution in [3.8, 4) is 11.4 Å². The largest absolute Gasteiger partial charge is 0.322 e. The Hall–Kier alpha value is -5.92. The first-order valence-corrected chi connectivity index (χ1v) is 18.2. The van der Waals surface area contributed by atoms with E-state index in [-0.39, 0.29) is 23.4 Å². The molecule has 2 aromatic heterocycles. The molecule has 10 rings (SSSR count). The van der Waals surface area contributed by atoms with Crippen molar-refractivity contribution in [3.05, 3.63) is 106 Å². The van der Waals surface area contributed by atoms with Crippen molar-refractivity contribution in [1.82, 2.24) is 40.8 Å². The van der Waals surface area contributed by atoms with Crippen LogP contribution < -0.4 is 21.3 Å². The lowest BCUT2D eigenvalue weighted by molar-refractivity contribution is -0.129. The first kappa shape index (κ1) is 33.9. The molecule has 2 saturated carbocycles. The molecule has 4 N–H and O–H groups in total. The maximum Gasteiger partial charge on any atom is 0.322 e. The molecule has 4 fully saturated rings. The zero-order valence-electron chi connectivity index (χ0n) is 29.8. The van der Waals surface area contributed by atoms with Crippen molar-refractivity contribution in [2.24, 2.45) is 10.8 Å². The highest BCUT2D eigenvalue weighted by molar-refractivity contribution is 6.09. The Bertz CT molecular complexity index is 2180. The number of amides is 6. The molecule has 2 aromatic carbocycles. The summed E-state index contributed by atoms with van der Waals surface area (Å²) < 4.78 is 30.1. The first-order chi connectivity index (χ1) is 25.9. The monoisotopic (exact) mass is 732 g/mol. The Balaban J connectivity index is 0.000000142. The summed E-state index contributed by atoms with van der Waals surface area (Å²) in [4.78, 5) is 49.2. The molecule has 4 aliphatic carbocycles. The second-order valence-corrected chi connectivity index (χ2v) is 15.6. The third-order valence-electron chi connectivity index (χ3n) is 12.8. The SMILES string of the molecule is C[C@]12Cc3cnn(-c4ccc(F)cc4)c3C=C1CCC[C@@]21NC(=O)NC1=O.C[C@]12Cc3cnn(-c4ccc(F)cc4)c3C=C1CCC[C@]21NC(=O)NC1=O. The highest BCUT2D eigenvalue weighted by Crippen LogP contribution is 2.55. The van der Waals surface area contributed by atoms with Crippen molar-refractivity contribution in [3.63, 3.8) is 0 Å². The maximum atomic E-state index is 13.3. The predicted molar refractivity (Wildman–Crippen MR) is 193 cm³/mol. The van der Waals surface area contributed by atoms with Gasteiger partial charge in [-0.15, -0.1) is 0 Å². The van der Waals surface area contributed by atoms with Crippen LogP contribution in [0.15, 0.2) is 72.1 Å². The average Bonchev–Trinajstić information content (AvgIpc) is 3.88. The van der Waals surface area contributed by atoms with Crippen LogP contribution in [0.1, 0.15) is 74.9 Å². The molecular weight excluding hydrogens is 694 g/mol. The van der Waals surface area contributed by atoms with Gasteiger partial charge in [0.1, 0.15) is 22.7 Å². The van der Waals surface area contributed by atoms with Crippen LogP contribution in [0.5, 0.6) is 0 Å². The molecule has 4 heterocycles. The molecule has 4 atom stereocenters. The van der Waals surface area contributed by atoms with Gasteiger partial charge in [-0.1, -0.05) is 25.0 Å². The van der Waals surface area contributed by atoms with Gasteiger partial charge >= 0.3 is 12.1 Å². The number of benzene rings is 2. The van der Waals surface area contributed by atoms with Gasteiger partial charge in [-0.25, -0.2) is 27.7 Å². The molecule has 54 heavy (non-hydrogen) atoms. The third-order valence-corrected chi connectivity index (χ3v) is 12.8. The summed E-state index contributed by atoms with van der Waals surface area (Å²) in [5, 5.41) is 19.7. The Kier molecular flexibility index (Phi) is 7.40. The summed E-state index contributed by atoms with van der Waals surface area (Å²) in [5.74, 6) is -1.06. The lowest BCUT2D eigenvalue weighted by Crippen LogP contribution is -2.62. The highest BCUT2D eigenvalue weighted by atomic mass is 19.1. The predicted octanol–water partition coefficient (Wildman–Crippen LogP) is 5.44. The van der Waals surface area contributed by atoms with Crippen molar-refractivity contribution < 1.29 is 28.0 Å². The van der Waals surface area contributed by atoms with Crippen LogP contribution >= 0.6 is 0 Å². The van der Waals surface area contributed by atoms with Gasteiger partial charge in [0.05, 0.1) is 35.2 Å². The molecule has 6 aliphatic rings. The van der Waals surface area contributed by atoms with E-state index in [0.717, 1.165) is 70.7 Å². The Morgan fingerprint density at radius 3 is 1.35 bits per heavy atom. The van der Waals surface area contributed by atoms with Crippen LogP contribution in [0.4, 0.5) is 18.4 Å². The van der Waals surface area contributed by atoms with E-state index in [9.17, 15) is 28.0 Å². The number of carbonyl (C=O) groups is 4. The normalized spacial score (nSPS) is 29.0. The minimum Gasteiger partial charge on any atom is -0.322 e. The average molecular weight is 733 g/mol. The number of fused-ring (bicyclic) bond motifs is 6. The summed E-state index contributed by atoms with van der Waals surface area (Å²) >= 11 is 0. The number of rotatable bonds is 2. The van der Waals surface area contributed by atoms with Gasteiger partial charge in [-0.3, -0.25) is 20.2 Å². The second-order valence-electron chi connectivity index (χ2n) is 15.6. The Morgan fingerprint density at radius 2 is 1.00 bits per heavy atom. The summed E-state index contributed by atoms with van der Waals surface area (Å²) in [6.07, 6.45) is 13.7. The van der Waals surface area contributed by atoms with Crippen molar-refractivity contribution in [2.45, 2.75) is 76.3 Å². The topological polar surface area (TPSA) is 152 Å². The van der Waals surface area contributed by atoms with Gasteiger partial charge < -0.3 is 10.6 Å². The Labute approximate surface area is 309 Å². The number of halogens is 2. The van der Waals surface area contributed by atoms with Crippen molar-refractivity contribution in [1.29, 1.82) is 0 Å². The number of nitrogens with one attached hydrogen (secondary N) is 4. The minimum absolute atomic E-state index is 0.241. The number of hydrogen-bond acceptors (Lipinski definition) is 6. The molecule has 2 aliphatic heterocycles. The molecule has 0 bridgehead atoms. The second kappa shape index (κ2) is 11.8. The Morgan fingerprint density at radius 1 is 0.611 bits per heavy atom. The van der Waals surface area contributed by atoms with Gasteiger partial charge in [0.15, 0.2) is 0 Å². The number of imide groups is 2. The summed E-state index contributed by atoms with van der Waals surface area (Å²) in [7, 11) is 0. The lowest BCUT2D eigenvalue weighted by atomic mass is 9.55. The van der Waals surface area contributed by atoms with E-state index < -0.39 is 34.0 Å². The molecular formula is C40H38F2N8O4. The fourth-order valence-corrected chi connectivity index (χ4v) is 9.88. The molecule has 2 spiro atoms. The van der Waals surface area contributed by atoms with Crippen LogP contribution in [0, 0.1) is 22.5 Å². The van der Waals surface area contributed by atoms with Crippen molar-refractivity contribution >= 4 is 36.0 Å². The van der Waals surface area contributed by atoms with Crippen molar-refractivity contribution in [2.75, 3.05) is 0 Å². The van der Waals surface area contributed by atoms with Crippen LogP contribution in [0.3, 0.4) is 0 Å². The highest BCUT2D eigenvalue weighted by Gasteiger charge is 2.63. The zero-order valence-corrected chi connectivity index (χ0v) is 29.8. The van der Waals surface area contributed by atoms with E-state index in [1.807, 2.05) is 0 Å². The van der Waals surface area contributed by atoms with E-state index in [1.54, 1.807) is 46.0 Å². The number of carbonyl (C=O) groups excluding carboxylic acids is 4. The lowest BCUT2D eigenvalue weighted by Gasteiger charge is -2.50. The number of aromatic nitrogens is 4. The smallest absolute Gasteiger partial charge is 0.322 e. The van der Waals surface area contributed by atoms with E-state index in [2.05, 4.69) is 57.5 Å². The molecule has 0 unspecified atom stereocenters. The van der Waals surface area contributed by atoms with Crippen LogP contribution in [-0.2, 0) is 22.4 Å². The number of hydrogen-bond donors (Lipinski definition) is 4. The van der Waals surface area contributed by atoms with Crippen LogP contribution in [0.2, 0.25) is 0 Å². The van der Waals surface area contributed by atoms with Gasteiger partial charge in [0.25, 0.3) is 11.8 Å². The fourth-order valence-electron chi connectivity index (χ4n) is 9.88. The molecule has 276 valence electrons. The zero-order chi connectivity index (χ0) is 37.6. The molecule has 4 aromatic rings. The summed E-state index contributed by atoms with van der Waals surface area (Å²) in [6.45, 7) is 4.11. The summed E-state index contributed by atoms with van der Waals surface area (Å²) in [6, 6.07) is 11.6. The fraction of sp³-hybridized carbons (Fsp3) is 0.350. The van der Waals surface area contributed by atoms with E-state index in [1.165, 1.54) is 24.3 Å². The first-order valence-electron chi connectivity index (χ1n) is 18.2. The quantitative estimate of drug-likeness (QED) is 0.202. The van der Waals surface area contributed by atoms with Gasteiger partial charge in [0, 0.05) is 10.8 Å². The standard InChI is InChI=1S/2C20H19FN4O2/c2*1-19-10-12-11-22-25(15-6-4-14(21)5-7-15)16(12)9-13(19)3-2-8-20(19)17(26)23-18(27)24-20/h2*4-7,9,11H,2-3,8,10H2,1H3,(H2,23,24,26,27)/t19-,20+;19-,20-/m00/s1. The van der Waals surface area contributed by atoms with Gasteiger partial charge in [0.2, 0.25) is 0 Å². The summed E-state index contributed by atoms with van der Waals surface area (Å²) in [5.41, 5.74) is 4.98. The molecule has 2 saturated heterocycles. The molecule has 14 heteroatoms. The minimum atomic E-state index is -0.913. The molecule has 12 nitrogen and oxygen atoms in total. The van der Waals surface area contributed by atoms with E-state index >= 15 is 0 Å². The van der Waals surface area contributed by atoms with Crippen LogP contribution in [0.25, 0.3) is 23.5 Å². The van der Waals surface area contributed by atoms with Gasteiger partial charge in [-0.2, -0.15) is 10.2 Å². The molecule has 0 radical (unpaired) electrons. The maximum absolute atomic E-state index is 13.3. The molecule has 6 amide bonds. The third kappa shape index (κ3) is 4.77. The van der Waals surface area contributed by atoms with E-state index in [0.29, 0.717) is 25.7 Å². The van der Waals surface area contributed by atoms with Crippen LogP contribution in [-0.4, -0.2) is 54.5 Å². The number of urea groups is 2. The van der Waals surface area contributed by atoms with E-state index in [4.69, 9.17) is 0 Å².